The molecule has 1 atom stereocenters. The van der Waals surface area contributed by atoms with E-state index in [0.29, 0.717) is 11.1 Å². The molecule has 0 saturated carbocycles. The fourth-order valence-electron chi connectivity index (χ4n) is 2.86. The first-order valence-corrected chi connectivity index (χ1v) is 7.20. The van der Waals surface area contributed by atoms with Gasteiger partial charge < -0.3 is 10.4 Å². The van der Waals surface area contributed by atoms with Crippen molar-refractivity contribution in [2.45, 2.75) is 32.3 Å². The molecule has 0 saturated heterocycles. The van der Waals surface area contributed by atoms with E-state index in [1.807, 2.05) is 32.9 Å². The second kappa shape index (κ2) is 4.92. The van der Waals surface area contributed by atoms with Crippen molar-refractivity contribution in [3.8, 4) is 0 Å². The van der Waals surface area contributed by atoms with Crippen LogP contribution in [0.15, 0.2) is 36.4 Å². The van der Waals surface area contributed by atoms with Gasteiger partial charge in [0, 0.05) is 5.69 Å². The van der Waals surface area contributed by atoms with E-state index in [4.69, 9.17) is 0 Å². The maximum atomic E-state index is 13.0. The lowest BCUT2D eigenvalue weighted by molar-refractivity contribution is -0.119. The number of aliphatic hydroxyl groups is 1. The van der Waals surface area contributed by atoms with Gasteiger partial charge in [0.1, 0.15) is 11.9 Å². The first-order chi connectivity index (χ1) is 10.3. The third kappa shape index (κ3) is 2.20. The molecule has 22 heavy (non-hydrogen) atoms. The fraction of sp³-hybridized carbons (Fsp3) is 0.278. The van der Waals surface area contributed by atoms with E-state index < -0.39 is 11.5 Å². The zero-order valence-corrected chi connectivity index (χ0v) is 12.8. The maximum Gasteiger partial charge on any atom is 0.234 e. The minimum absolute atomic E-state index is 0.0426. The number of carbonyl (C=O) groups is 1. The Morgan fingerprint density at radius 1 is 1.14 bits per heavy atom. The Bertz CT molecular complexity index is 750. The molecular formula is C18H18FNO2. The molecule has 114 valence electrons. The zero-order valence-electron chi connectivity index (χ0n) is 12.8. The summed E-state index contributed by atoms with van der Waals surface area (Å²) in [4.78, 5) is 12.1. The van der Waals surface area contributed by atoms with Crippen LogP contribution in [0.4, 0.5) is 10.1 Å². The summed E-state index contributed by atoms with van der Waals surface area (Å²) in [6, 6.07) is 9.50. The molecule has 3 nitrogen and oxygen atoms in total. The van der Waals surface area contributed by atoms with Gasteiger partial charge in [0.15, 0.2) is 0 Å². The first kappa shape index (κ1) is 14.7. The first-order valence-electron chi connectivity index (χ1n) is 7.20. The van der Waals surface area contributed by atoms with Crippen molar-refractivity contribution >= 4 is 11.6 Å². The fourth-order valence-corrected chi connectivity index (χ4v) is 2.86. The van der Waals surface area contributed by atoms with Gasteiger partial charge in [-0.05, 0) is 61.2 Å². The minimum Gasteiger partial charge on any atom is -0.384 e. The largest absolute Gasteiger partial charge is 0.384 e. The van der Waals surface area contributed by atoms with E-state index in [1.54, 1.807) is 12.1 Å². The molecule has 0 fully saturated rings. The average molecular weight is 299 g/mol. The van der Waals surface area contributed by atoms with Gasteiger partial charge in [0.2, 0.25) is 5.91 Å². The molecule has 2 aromatic carbocycles. The molecule has 4 heteroatoms. The summed E-state index contributed by atoms with van der Waals surface area (Å²) in [6.07, 6.45) is -0.851. The molecule has 1 unspecified atom stereocenters. The lowest BCUT2D eigenvalue weighted by atomic mass is 9.83. The molecule has 2 N–H and O–H groups in total. The molecule has 0 radical (unpaired) electrons. The van der Waals surface area contributed by atoms with E-state index in [1.165, 1.54) is 12.1 Å². The van der Waals surface area contributed by atoms with E-state index >= 15 is 0 Å². The van der Waals surface area contributed by atoms with Crippen molar-refractivity contribution in [1.82, 2.24) is 0 Å². The van der Waals surface area contributed by atoms with E-state index in [-0.39, 0.29) is 11.7 Å². The Morgan fingerprint density at radius 3 is 2.41 bits per heavy atom. The third-order valence-electron chi connectivity index (χ3n) is 4.34. The van der Waals surface area contributed by atoms with Crippen LogP contribution in [0.1, 0.15) is 42.2 Å². The van der Waals surface area contributed by atoms with Crippen LogP contribution < -0.4 is 5.32 Å². The molecule has 3 rings (SSSR count). The van der Waals surface area contributed by atoms with E-state index in [2.05, 4.69) is 5.32 Å². The van der Waals surface area contributed by atoms with Gasteiger partial charge in [-0.15, -0.1) is 0 Å². The number of aliphatic hydroxyl groups excluding tert-OH is 1. The average Bonchev–Trinajstić information content (AvgIpc) is 2.71. The predicted octanol–water partition coefficient (Wildman–Crippen LogP) is 3.45. The Balaban J connectivity index is 2.07. The number of halogens is 1. The van der Waals surface area contributed by atoms with Gasteiger partial charge in [0.05, 0.1) is 5.41 Å². The van der Waals surface area contributed by atoms with Gasteiger partial charge in [-0.25, -0.2) is 4.39 Å². The van der Waals surface area contributed by atoms with Crippen LogP contribution in [-0.2, 0) is 10.2 Å². The number of aryl methyl sites for hydroxylation is 1. The summed E-state index contributed by atoms with van der Waals surface area (Å²) in [7, 11) is 0. The molecule has 1 aliphatic rings. The smallest absolute Gasteiger partial charge is 0.234 e. The SMILES string of the molecule is Cc1cc(C(O)c2ccc(F)cc2)cc2c1NC(=O)C2(C)C. The predicted molar refractivity (Wildman–Crippen MR) is 83.3 cm³/mol. The highest BCUT2D eigenvalue weighted by molar-refractivity contribution is 6.06. The Kier molecular flexibility index (Phi) is 3.29. The quantitative estimate of drug-likeness (QED) is 0.892. The summed E-state index contributed by atoms with van der Waals surface area (Å²) in [6.45, 7) is 5.63. The summed E-state index contributed by atoms with van der Waals surface area (Å²) < 4.78 is 13.0. The Morgan fingerprint density at radius 2 is 1.77 bits per heavy atom. The number of benzene rings is 2. The lowest BCUT2D eigenvalue weighted by Gasteiger charge is -2.19. The number of hydrogen-bond donors (Lipinski definition) is 2. The Hall–Kier alpha value is -2.20. The van der Waals surface area contributed by atoms with Crippen LogP contribution in [0.2, 0.25) is 0 Å². The second-order valence-corrected chi connectivity index (χ2v) is 6.29. The molecule has 0 aromatic heterocycles. The second-order valence-electron chi connectivity index (χ2n) is 6.29. The van der Waals surface area contributed by atoms with Crippen molar-refractivity contribution in [2.24, 2.45) is 0 Å². The number of rotatable bonds is 2. The summed E-state index contributed by atoms with van der Waals surface area (Å²) >= 11 is 0. The topological polar surface area (TPSA) is 49.3 Å². The zero-order chi connectivity index (χ0) is 16.1. The van der Waals surface area contributed by atoms with Crippen molar-refractivity contribution in [1.29, 1.82) is 0 Å². The maximum absolute atomic E-state index is 13.0. The molecule has 2 aromatic rings. The number of hydrogen-bond acceptors (Lipinski definition) is 2. The van der Waals surface area contributed by atoms with Crippen molar-refractivity contribution < 1.29 is 14.3 Å². The highest BCUT2D eigenvalue weighted by atomic mass is 19.1. The van der Waals surface area contributed by atoms with Crippen LogP contribution >= 0.6 is 0 Å². The molecular weight excluding hydrogens is 281 g/mol. The minimum atomic E-state index is -0.851. The number of amides is 1. The van der Waals surface area contributed by atoms with Gasteiger partial charge >= 0.3 is 0 Å². The van der Waals surface area contributed by atoms with Crippen LogP contribution in [0.3, 0.4) is 0 Å². The number of anilines is 1. The number of nitrogens with one attached hydrogen (secondary N) is 1. The lowest BCUT2D eigenvalue weighted by Crippen LogP contribution is -2.26. The van der Waals surface area contributed by atoms with Crippen molar-refractivity contribution in [2.75, 3.05) is 5.32 Å². The van der Waals surface area contributed by atoms with Crippen LogP contribution in [0, 0.1) is 12.7 Å². The number of fused-ring (bicyclic) bond motifs is 1. The highest BCUT2D eigenvalue weighted by Gasteiger charge is 2.39. The number of carbonyl (C=O) groups excluding carboxylic acids is 1. The summed E-state index contributed by atoms with van der Waals surface area (Å²) in [5.41, 5.74) is 3.31. The van der Waals surface area contributed by atoms with Gasteiger partial charge in [-0.1, -0.05) is 18.2 Å². The standard InChI is InChI=1S/C18H18FNO2/c1-10-8-12(16(21)11-4-6-13(19)7-5-11)9-14-15(10)20-17(22)18(14,2)3/h4-9,16,21H,1-3H3,(H,20,22). The molecule has 0 spiro atoms. The van der Waals surface area contributed by atoms with Crippen LogP contribution in [-0.4, -0.2) is 11.0 Å². The van der Waals surface area contributed by atoms with Gasteiger partial charge in [-0.2, -0.15) is 0 Å². The molecule has 0 bridgehead atoms. The van der Waals surface area contributed by atoms with E-state index in [9.17, 15) is 14.3 Å². The van der Waals surface area contributed by atoms with Crippen molar-refractivity contribution in [3.05, 3.63) is 64.5 Å². The van der Waals surface area contributed by atoms with Crippen LogP contribution in [0.5, 0.6) is 0 Å². The van der Waals surface area contributed by atoms with E-state index in [0.717, 1.165) is 16.8 Å². The molecule has 1 heterocycles. The highest BCUT2D eigenvalue weighted by Crippen LogP contribution is 2.41. The third-order valence-corrected chi connectivity index (χ3v) is 4.34. The van der Waals surface area contributed by atoms with Crippen LogP contribution in [0.25, 0.3) is 0 Å². The summed E-state index contributed by atoms with van der Waals surface area (Å²) in [5, 5.41) is 13.4. The monoisotopic (exact) mass is 299 g/mol. The molecule has 0 aliphatic carbocycles. The van der Waals surface area contributed by atoms with Gasteiger partial charge in [-0.3, -0.25) is 4.79 Å². The van der Waals surface area contributed by atoms with Gasteiger partial charge in [0.25, 0.3) is 0 Å². The molecule has 1 amide bonds. The Labute approximate surface area is 128 Å². The molecule has 1 aliphatic heterocycles. The van der Waals surface area contributed by atoms with Crippen molar-refractivity contribution in [3.63, 3.8) is 0 Å². The normalized spacial score (nSPS) is 17.0. The summed E-state index contributed by atoms with van der Waals surface area (Å²) in [5.74, 6) is -0.379.